The molecule has 1 fully saturated rings. The predicted octanol–water partition coefficient (Wildman–Crippen LogP) is 2.16. The van der Waals surface area contributed by atoms with E-state index in [0.29, 0.717) is 18.4 Å². The van der Waals surface area contributed by atoms with Gasteiger partial charge in [0.15, 0.2) is 0 Å². The van der Waals surface area contributed by atoms with E-state index in [0.717, 1.165) is 19.3 Å². The Kier molecular flexibility index (Phi) is 4.26. The number of aliphatic carboxylic acids is 1. The van der Waals surface area contributed by atoms with Crippen LogP contribution in [0.3, 0.4) is 0 Å². The van der Waals surface area contributed by atoms with Crippen LogP contribution in [0, 0.1) is 5.82 Å². The fraction of sp³-hybridized carbons (Fsp3) is 0.471. The number of fused-ring (bicyclic) bond motifs is 1. The number of nitrogens with one attached hydrogen (secondary N) is 2. The van der Waals surface area contributed by atoms with E-state index in [1.54, 1.807) is 0 Å². The maximum absolute atomic E-state index is 13.4. The van der Waals surface area contributed by atoms with Crippen LogP contribution in [0.4, 0.5) is 10.1 Å². The lowest BCUT2D eigenvalue weighted by atomic mass is 9.80. The molecule has 0 aromatic heterocycles. The normalized spacial score (nSPS) is 22.2. The molecule has 0 saturated heterocycles. The van der Waals surface area contributed by atoms with Crippen LogP contribution in [0.25, 0.3) is 0 Å². The summed E-state index contributed by atoms with van der Waals surface area (Å²) in [7, 11) is 0. The minimum absolute atomic E-state index is 0.0832. The second-order valence-electron chi connectivity index (χ2n) is 6.47. The highest BCUT2D eigenvalue weighted by atomic mass is 19.1. The summed E-state index contributed by atoms with van der Waals surface area (Å²) in [6.45, 7) is 0. The maximum Gasteiger partial charge on any atom is 0.329 e. The minimum Gasteiger partial charge on any atom is -0.480 e. The predicted molar refractivity (Wildman–Crippen MR) is 84.0 cm³/mol. The summed E-state index contributed by atoms with van der Waals surface area (Å²) in [6.07, 6.45) is 3.09. The molecule has 1 aromatic rings. The molecule has 1 unspecified atom stereocenters. The van der Waals surface area contributed by atoms with E-state index in [-0.39, 0.29) is 18.0 Å². The van der Waals surface area contributed by atoms with Crippen LogP contribution >= 0.6 is 0 Å². The Hall–Kier alpha value is -2.44. The Morgan fingerprint density at radius 2 is 1.96 bits per heavy atom. The molecule has 7 heteroatoms. The molecular weight excluding hydrogens is 315 g/mol. The smallest absolute Gasteiger partial charge is 0.329 e. The molecule has 1 atom stereocenters. The lowest BCUT2D eigenvalue weighted by Gasteiger charge is -2.36. The first-order valence-electron chi connectivity index (χ1n) is 8.06. The lowest BCUT2D eigenvalue weighted by Crippen LogP contribution is -2.57. The summed E-state index contributed by atoms with van der Waals surface area (Å²) in [4.78, 5) is 36.3. The Morgan fingerprint density at radius 3 is 2.62 bits per heavy atom. The Morgan fingerprint density at radius 1 is 1.25 bits per heavy atom. The van der Waals surface area contributed by atoms with Crippen molar-refractivity contribution in [1.29, 1.82) is 0 Å². The van der Waals surface area contributed by atoms with Gasteiger partial charge in [0, 0.05) is 12.1 Å². The van der Waals surface area contributed by atoms with E-state index in [2.05, 4.69) is 10.6 Å². The van der Waals surface area contributed by atoms with Crippen LogP contribution in [0.1, 0.15) is 50.0 Å². The van der Waals surface area contributed by atoms with Gasteiger partial charge in [-0.2, -0.15) is 0 Å². The highest BCUT2D eigenvalue weighted by Gasteiger charge is 2.43. The zero-order chi connectivity index (χ0) is 17.3. The summed E-state index contributed by atoms with van der Waals surface area (Å²) < 4.78 is 13.4. The minimum atomic E-state index is -1.27. The summed E-state index contributed by atoms with van der Waals surface area (Å²) in [5.74, 6) is -3.25. The molecule has 6 nitrogen and oxygen atoms in total. The van der Waals surface area contributed by atoms with Crippen LogP contribution in [0.5, 0.6) is 0 Å². The third-order valence-electron chi connectivity index (χ3n) is 4.85. The molecule has 3 N–H and O–H groups in total. The van der Waals surface area contributed by atoms with E-state index < -0.39 is 29.2 Å². The van der Waals surface area contributed by atoms with E-state index in [9.17, 15) is 23.9 Å². The number of carboxylic acids is 1. The van der Waals surface area contributed by atoms with Gasteiger partial charge < -0.3 is 15.7 Å². The number of rotatable bonds is 3. The molecule has 0 bridgehead atoms. The average Bonchev–Trinajstić information content (AvgIpc) is 2.54. The van der Waals surface area contributed by atoms with Gasteiger partial charge in [-0.1, -0.05) is 25.3 Å². The number of carbonyl (C=O) groups excluding carboxylic acids is 2. The van der Waals surface area contributed by atoms with Crippen molar-refractivity contribution in [1.82, 2.24) is 5.32 Å². The molecule has 128 valence electrons. The third-order valence-corrected chi connectivity index (χ3v) is 4.85. The monoisotopic (exact) mass is 334 g/mol. The third kappa shape index (κ3) is 2.98. The molecule has 1 aliphatic heterocycles. The summed E-state index contributed by atoms with van der Waals surface area (Å²) in [5.41, 5.74) is -0.507. The number of carboxylic acid groups (broad SMARTS) is 1. The van der Waals surface area contributed by atoms with Gasteiger partial charge in [0.1, 0.15) is 11.4 Å². The largest absolute Gasteiger partial charge is 0.480 e. The van der Waals surface area contributed by atoms with Gasteiger partial charge in [0.25, 0.3) is 0 Å². The van der Waals surface area contributed by atoms with Gasteiger partial charge in [-0.3, -0.25) is 9.59 Å². The van der Waals surface area contributed by atoms with Crippen molar-refractivity contribution in [3.05, 3.63) is 29.6 Å². The molecule has 0 spiro atoms. The van der Waals surface area contributed by atoms with Crippen molar-refractivity contribution in [2.45, 2.75) is 50.0 Å². The molecule has 1 aromatic carbocycles. The second kappa shape index (κ2) is 6.22. The highest BCUT2D eigenvalue weighted by Crippen LogP contribution is 2.35. The van der Waals surface area contributed by atoms with Crippen molar-refractivity contribution < 1.29 is 23.9 Å². The molecule has 2 aliphatic rings. The maximum atomic E-state index is 13.4. The van der Waals surface area contributed by atoms with E-state index in [1.807, 2.05) is 0 Å². The van der Waals surface area contributed by atoms with Gasteiger partial charge >= 0.3 is 5.97 Å². The lowest BCUT2D eigenvalue weighted by molar-refractivity contribution is -0.149. The quantitative estimate of drug-likeness (QED) is 0.789. The molecule has 2 amide bonds. The van der Waals surface area contributed by atoms with Crippen LogP contribution in [-0.2, 0) is 14.4 Å². The number of benzene rings is 1. The van der Waals surface area contributed by atoms with Crippen molar-refractivity contribution >= 4 is 23.5 Å². The summed E-state index contributed by atoms with van der Waals surface area (Å²) in [6, 6.07) is 3.85. The number of carbonyl (C=O) groups is 3. The molecular formula is C17H19FN2O4. The van der Waals surface area contributed by atoms with Gasteiger partial charge in [-0.25, -0.2) is 9.18 Å². The first-order chi connectivity index (χ1) is 11.4. The highest BCUT2D eigenvalue weighted by molar-refractivity contribution is 6.02. The van der Waals surface area contributed by atoms with Gasteiger partial charge in [0.2, 0.25) is 11.8 Å². The zero-order valence-electron chi connectivity index (χ0n) is 13.1. The molecule has 1 saturated carbocycles. The van der Waals surface area contributed by atoms with Crippen molar-refractivity contribution in [2.75, 3.05) is 5.32 Å². The topological polar surface area (TPSA) is 95.5 Å². The Balaban J connectivity index is 1.87. The number of anilines is 1. The summed E-state index contributed by atoms with van der Waals surface area (Å²) >= 11 is 0. The molecule has 1 aliphatic carbocycles. The molecule has 0 radical (unpaired) electrons. The molecule has 24 heavy (non-hydrogen) atoms. The summed E-state index contributed by atoms with van der Waals surface area (Å²) in [5, 5.41) is 14.8. The van der Waals surface area contributed by atoms with Crippen molar-refractivity contribution in [2.24, 2.45) is 0 Å². The van der Waals surface area contributed by atoms with Crippen LogP contribution in [0.2, 0.25) is 0 Å². The molecule has 3 rings (SSSR count). The zero-order valence-corrected chi connectivity index (χ0v) is 13.1. The number of amides is 2. The first-order valence-corrected chi connectivity index (χ1v) is 8.06. The van der Waals surface area contributed by atoms with E-state index in [4.69, 9.17) is 0 Å². The average molecular weight is 334 g/mol. The number of hydrogen-bond donors (Lipinski definition) is 3. The fourth-order valence-electron chi connectivity index (χ4n) is 3.54. The van der Waals surface area contributed by atoms with Crippen molar-refractivity contribution in [3.63, 3.8) is 0 Å². The fourth-order valence-corrected chi connectivity index (χ4v) is 3.54. The standard InChI is InChI=1S/C17H19FN2O4/c18-10-4-5-11-12(9-14(21)19-13(11)8-10)15(22)20-17(16(23)24)6-2-1-3-7-17/h4-5,8,12H,1-3,6-7,9H2,(H,19,21)(H,20,22)(H,23,24). The van der Waals surface area contributed by atoms with Crippen LogP contribution < -0.4 is 10.6 Å². The van der Waals surface area contributed by atoms with E-state index in [1.165, 1.54) is 18.2 Å². The first kappa shape index (κ1) is 16.4. The Labute approximate surface area is 138 Å². The van der Waals surface area contributed by atoms with Gasteiger partial charge in [-0.05, 0) is 30.5 Å². The van der Waals surface area contributed by atoms with Gasteiger partial charge in [-0.15, -0.1) is 0 Å². The van der Waals surface area contributed by atoms with Crippen LogP contribution in [0.15, 0.2) is 18.2 Å². The van der Waals surface area contributed by atoms with Gasteiger partial charge in [0.05, 0.1) is 5.92 Å². The van der Waals surface area contributed by atoms with Crippen molar-refractivity contribution in [3.8, 4) is 0 Å². The van der Waals surface area contributed by atoms with Crippen LogP contribution in [-0.4, -0.2) is 28.4 Å². The number of halogens is 1. The second-order valence-corrected chi connectivity index (χ2v) is 6.47. The van der Waals surface area contributed by atoms with E-state index >= 15 is 0 Å². The Bertz CT molecular complexity index is 698. The molecule has 1 heterocycles. The SMILES string of the molecule is O=C1CC(C(=O)NC2(C(=O)O)CCCCC2)c2ccc(F)cc2N1. The number of hydrogen-bond acceptors (Lipinski definition) is 3.